The van der Waals surface area contributed by atoms with Crippen molar-refractivity contribution in [2.45, 2.75) is 6.92 Å². The monoisotopic (exact) mass is 334 g/mol. The molecule has 0 radical (unpaired) electrons. The Morgan fingerprint density at radius 2 is 1.55 bits per heavy atom. The largest absolute Gasteiger partial charge is 0.288 e. The van der Waals surface area contributed by atoms with E-state index in [1.165, 1.54) is 25.1 Å². The topological polar surface area (TPSA) is 17.1 Å². The van der Waals surface area contributed by atoms with Gasteiger partial charge in [-0.1, -0.05) is 40.9 Å². The summed E-state index contributed by atoms with van der Waals surface area (Å²) >= 11 is 17.5. The summed E-state index contributed by atoms with van der Waals surface area (Å²) in [5.74, 6) is -2.83. The third-order valence-electron chi connectivity index (χ3n) is 2.75. The number of benzene rings is 2. The first-order chi connectivity index (χ1) is 9.32. The zero-order valence-corrected chi connectivity index (χ0v) is 12.4. The van der Waals surface area contributed by atoms with Gasteiger partial charge in [-0.05, 0) is 30.7 Å². The maximum absolute atomic E-state index is 14.0. The first-order valence-corrected chi connectivity index (χ1v) is 6.60. The minimum absolute atomic E-state index is 0.0622. The maximum atomic E-state index is 14.0. The Balaban J connectivity index is 2.67. The second-order valence-corrected chi connectivity index (χ2v) is 5.38. The van der Waals surface area contributed by atoms with E-state index in [0.29, 0.717) is 0 Å². The van der Waals surface area contributed by atoms with Crippen LogP contribution in [0.3, 0.4) is 0 Å². The summed E-state index contributed by atoms with van der Waals surface area (Å²) in [5, 5.41) is 0.0994. The lowest BCUT2D eigenvalue weighted by atomic mass is 10.00. The van der Waals surface area contributed by atoms with Gasteiger partial charge in [0.15, 0.2) is 0 Å². The number of rotatable bonds is 2. The van der Waals surface area contributed by atoms with Crippen LogP contribution in [0.2, 0.25) is 15.1 Å². The van der Waals surface area contributed by atoms with Gasteiger partial charge < -0.3 is 0 Å². The molecule has 20 heavy (non-hydrogen) atoms. The number of carbonyl (C=O) groups excluding carboxylic acids is 1. The van der Waals surface area contributed by atoms with Gasteiger partial charge in [-0.15, -0.1) is 0 Å². The van der Waals surface area contributed by atoms with Gasteiger partial charge in [0.05, 0.1) is 21.2 Å². The van der Waals surface area contributed by atoms with Gasteiger partial charge in [0.2, 0.25) is 5.78 Å². The van der Waals surface area contributed by atoms with Gasteiger partial charge in [-0.3, -0.25) is 4.79 Å². The highest BCUT2D eigenvalue weighted by molar-refractivity contribution is 6.43. The molecule has 0 heterocycles. The highest BCUT2D eigenvalue weighted by atomic mass is 35.5. The molecule has 104 valence electrons. The summed E-state index contributed by atoms with van der Waals surface area (Å²) in [6, 6.07) is 4.83. The Hall–Kier alpha value is -1.16. The van der Waals surface area contributed by atoms with E-state index >= 15 is 0 Å². The van der Waals surface area contributed by atoms with E-state index in [4.69, 9.17) is 34.8 Å². The molecule has 0 N–H and O–H groups in total. The average molecular weight is 336 g/mol. The number of carbonyl (C=O) groups is 1. The van der Waals surface area contributed by atoms with Crippen molar-refractivity contribution >= 4 is 40.6 Å². The van der Waals surface area contributed by atoms with E-state index < -0.39 is 23.0 Å². The molecule has 0 spiro atoms. The zero-order chi connectivity index (χ0) is 15.0. The molecule has 0 amide bonds. The van der Waals surface area contributed by atoms with Crippen molar-refractivity contribution in [3.8, 4) is 0 Å². The van der Waals surface area contributed by atoms with Crippen molar-refractivity contribution < 1.29 is 13.6 Å². The lowest BCUT2D eigenvalue weighted by molar-refractivity contribution is 0.103. The number of hydrogen-bond acceptors (Lipinski definition) is 1. The average Bonchev–Trinajstić information content (AvgIpc) is 2.33. The minimum Gasteiger partial charge on any atom is -0.288 e. The van der Waals surface area contributed by atoms with Crippen molar-refractivity contribution in [1.82, 2.24) is 0 Å². The second-order valence-electron chi connectivity index (χ2n) is 4.13. The van der Waals surface area contributed by atoms with Gasteiger partial charge in [-0.25, -0.2) is 8.78 Å². The molecule has 0 aliphatic rings. The molecule has 0 aliphatic carbocycles. The molecular weight excluding hydrogens is 329 g/mol. The second kappa shape index (κ2) is 5.68. The van der Waals surface area contributed by atoms with E-state index in [1.807, 2.05) is 0 Å². The van der Waals surface area contributed by atoms with Gasteiger partial charge in [0, 0.05) is 5.02 Å². The summed E-state index contributed by atoms with van der Waals surface area (Å²) in [7, 11) is 0. The first kappa shape index (κ1) is 15.2. The molecule has 0 fully saturated rings. The number of ketones is 1. The van der Waals surface area contributed by atoms with Gasteiger partial charge in [0.1, 0.15) is 11.6 Å². The predicted molar refractivity (Wildman–Crippen MR) is 76.0 cm³/mol. The third kappa shape index (κ3) is 2.66. The fourth-order valence-electron chi connectivity index (χ4n) is 1.75. The fraction of sp³-hybridized carbons (Fsp3) is 0.0714. The van der Waals surface area contributed by atoms with E-state index in [2.05, 4.69) is 0 Å². The highest BCUT2D eigenvalue weighted by Crippen LogP contribution is 2.32. The molecule has 0 atom stereocenters. The van der Waals surface area contributed by atoms with Crippen LogP contribution in [0.1, 0.15) is 21.5 Å². The molecule has 0 unspecified atom stereocenters. The molecule has 0 aromatic heterocycles. The Bertz CT molecular complexity index is 691. The van der Waals surface area contributed by atoms with Crippen LogP contribution in [0, 0.1) is 18.6 Å². The fourth-order valence-corrected chi connectivity index (χ4v) is 2.74. The Kier molecular flexibility index (Phi) is 4.33. The van der Waals surface area contributed by atoms with E-state index in [1.54, 1.807) is 0 Å². The first-order valence-electron chi connectivity index (χ1n) is 5.46. The van der Waals surface area contributed by atoms with Crippen LogP contribution in [0.15, 0.2) is 24.3 Å². The number of aryl methyl sites for hydroxylation is 1. The maximum Gasteiger partial charge on any atom is 0.201 e. The number of hydrogen-bond donors (Lipinski definition) is 0. The SMILES string of the molecule is Cc1ccc(F)c(C(=O)c2c(Cl)cc(Cl)cc2Cl)c1F. The molecular formula is C14H7Cl3F2O. The summed E-state index contributed by atoms with van der Waals surface area (Å²) in [6.07, 6.45) is 0. The zero-order valence-electron chi connectivity index (χ0n) is 10.1. The van der Waals surface area contributed by atoms with Crippen molar-refractivity contribution in [3.05, 3.63) is 67.7 Å². The van der Waals surface area contributed by atoms with Crippen LogP contribution in [0.5, 0.6) is 0 Å². The Morgan fingerprint density at radius 3 is 2.10 bits per heavy atom. The minimum atomic E-state index is -0.972. The van der Waals surface area contributed by atoms with Crippen LogP contribution in [-0.4, -0.2) is 5.78 Å². The molecule has 0 saturated heterocycles. The molecule has 2 rings (SSSR count). The molecule has 0 bridgehead atoms. The summed E-state index contributed by atoms with van der Waals surface area (Å²) in [6.45, 7) is 1.43. The van der Waals surface area contributed by atoms with Crippen molar-refractivity contribution in [2.24, 2.45) is 0 Å². The van der Waals surface area contributed by atoms with Gasteiger partial charge in [-0.2, -0.15) is 0 Å². The number of halogens is 5. The lowest BCUT2D eigenvalue weighted by Crippen LogP contribution is -2.10. The van der Waals surface area contributed by atoms with Crippen LogP contribution in [0.4, 0.5) is 8.78 Å². The Labute approximate surface area is 129 Å². The lowest BCUT2D eigenvalue weighted by Gasteiger charge is -2.10. The quantitative estimate of drug-likeness (QED) is 0.666. The standard InChI is InChI=1S/C14H7Cl3F2O/c1-6-2-3-10(18)12(13(6)19)14(20)11-8(16)4-7(15)5-9(11)17/h2-5H,1H3. The molecule has 2 aromatic rings. The van der Waals surface area contributed by atoms with Crippen LogP contribution < -0.4 is 0 Å². The van der Waals surface area contributed by atoms with Gasteiger partial charge >= 0.3 is 0 Å². The Morgan fingerprint density at radius 1 is 1.00 bits per heavy atom. The van der Waals surface area contributed by atoms with Crippen LogP contribution in [-0.2, 0) is 0 Å². The third-order valence-corrected chi connectivity index (χ3v) is 3.56. The normalized spacial score (nSPS) is 10.7. The summed E-state index contributed by atoms with van der Waals surface area (Å²) in [4.78, 5) is 12.3. The van der Waals surface area contributed by atoms with E-state index in [9.17, 15) is 13.6 Å². The van der Waals surface area contributed by atoms with Crippen molar-refractivity contribution in [3.63, 3.8) is 0 Å². The predicted octanol–water partition coefficient (Wildman–Crippen LogP) is 5.46. The van der Waals surface area contributed by atoms with Crippen molar-refractivity contribution in [2.75, 3.05) is 0 Å². The molecule has 0 aliphatic heterocycles. The molecule has 1 nitrogen and oxygen atoms in total. The smallest absolute Gasteiger partial charge is 0.201 e. The van der Waals surface area contributed by atoms with Gasteiger partial charge in [0.25, 0.3) is 0 Å². The van der Waals surface area contributed by atoms with Crippen LogP contribution >= 0.6 is 34.8 Å². The molecule has 2 aromatic carbocycles. The highest BCUT2D eigenvalue weighted by Gasteiger charge is 2.24. The van der Waals surface area contributed by atoms with Crippen LogP contribution in [0.25, 0.3) is 0 Å². The summed E-state index contributed by atoms with van der Waals surface area (Å²) in [5.41, 5.74) is -0.715. The van der Waals surface area contributed by atoms with E-state index in [-0.39, 0.29) is 26.2 Å². The van der Waals surface area contributed by atoms with Crippen molar-refractivity contribution in [1.29, 1.82) is 0 Å². The van der Waals surface area contributed by atoms with E-state index in [0.717, 1.165) is 6.07 Å². The molecule has 6 heteroatoms. The summed E-state index contributed by atoms with van der Waals surface area (Å²) < 4.78 is 27.7. The molecule has 0 saturated carbocycles.